The third-order valence-corrected chi connectivity index (χ3v) is 8.15. The lowest BCUT2D eigenvalue weighted by Gasteiger charge is -2.10. The number of hydrogen-bond donors (Lipinski definition) is 0. The predicted octanol–water partition coefficient (Wildman–Crippen LogP) is 10.2. The Morgan fingerprint density at radius 3 is 1.09 bits per heavy atom. The molecule has 212 valence electrons. The van der Waals surface area contributed by atoms with Crippen molar-refractivity contribution in [3.63, 3.8) is 0 Å². The van der Waals surface area contributed by atoms with Gasteiger partial charge in [-0.3, -0.25) is 0 Å². The van der Waals surface area contributed by atoms with Crippen LogP contribution in [0.3, 0.4) is 0 Å². The van der Waals surface area contributed by atoms with E-state index < -0.39 is 10.4 Å². The second-order valence-electron chi connectivity index (χ2n) is 11.1. The van der Waals surface area contributed by atoms with Crippen LogP contribution in [0.1, 0.15) is 169 Å². The number of rotatable bonds is 28. The van der Waals surface area contributed by atoms with Crippen LogP contribution in [0.2, 0.25) is 0 Å². The lowest BCUT2D eigenvalue weighted by atomic mass is 9.97. The van der Waals surface area contributed by atoms with Gasteiger partial charge in [0.25, 0.3) is 0 Å². The Morgan fingerprint density at radius 2 is 0.743 bits per heavy atom. The Balaban J connectivity index is 3.40. The molecule has 0 spiro atoms. The summed E-state index contributed by atoms with van der Waals surface area (Å²) in [5.74, 6) is 1.75. The van der Waals surface area contributed by atoms with Gasteiger partial charge in [0.05, 0.1) is 13.2 Å². The molecule has 0 N–H and O–H groups in total. The Kier molecular flexibility index (Phi) is 25.4. The average molecular weight is 519 g/mol. The Hall–Kier alpha value is -0.130. The van der Waals surface area contributed by atoms with Gasteiger partial charge in [0.2, 0.25) is 0 Å². The van der Waals surface area contributed by atoms with E-state index in [0.717, 1.165) is 50.4 Å². The largest absolute Gasteiger partial charge is 0.399 e. The first-order chi connectivity index (χ1) is 16.9. The molecule has 0 aromatic carbocycles. The standard InChI is InChI=1S/C30H62O4S/c1-5-7-23-29(3)25-19-15-11-9-13-17-21-27-33-35(31,32)34-28-22-18-14-10-12-16-20-26-30(4)24-8-6-2/h29-30H,5-28H2,1-4H3. The van der Waals surface area contributed by atoms with Crippen LogP contribution >= 0.6 is 0 Å². The molecule has 0 saturated carbocycles. The fraction of sp³-hybridized carbons (Fsp3) is 1.00. The molecule has 0 aromatic heterocycles. The summed E-state index contributed by atoms with van der Waals surface area (Å²) in [5, 5.41) is 0. The van der Waals surface area contributed by atoms with E-state index in [1.807, 2.05) is 0 Å². The van der Waals surface area contributed by atoms with Gasteiger partial charge in [-0.05, 0) is 24.7 Å². The highest BCUT2D eigenvalue weighted by Gasteiger charge is 2.11. The van der Waals surface area contributed by atoms with Crippen LogP contribution in [0.25, 0.3) is 0 Å². The molecule has 0 aliphatic carbocycles. The minimum atomic E-state index is -3.82. The first-order valence-corrected chi connectivity index (χ1v) is 16.8. The molecular formula is C30H62O4S. The van der Waals surface area contributed by atoms with E-state index in [9.17, 15) is 8.42 Å². The number of hydrogen-bond acceptors (Lipinski definition) is 4. The SMILES string of the molecule is CCCCC(C)CCCCCCCCCOS(=O)(=O)OCCCCCCCCCC(C)CCCC. The van der Waals surface area contributed by atoms with Crippen LogP contribution in [-0.4, -0.2) is 21.6 Å². The van der Waals surface area contributed by atoms with Gasteiger partial charge < -0.3 is 0 Å². The van der Waals surface area contributed by atoms with Crippen LogP contribution < -0.4 is 0 Å². The van der Waals surface area contributed by atoms with Crippen LogP contribution in [0.4, 0.5) is 0 Å². The van der Waals surface area contributed by atoms with E-state index in [1.165, 1.54) is 103 Å². The molecule has 0 aliphatic rings. The van der Waals surface area contributed by atoms with Crippen LogP contribution in [0.15, 0.2) is 0 Å². The van der Waals surface area contributed by atoms with Gasteiger partial charge in [-0.2, -0.15) is 8.42 Å². The van der Waals surface area contributed by atoms with Crippen LogP contribution in [0, 0.1) is 11.8 Å². The van der Waals surface area contributed by atoms with Crippen molar-refractivity contribution in [2.75, 3.05) is 13.2 Å². The quantitative estimate of drug-likeness (QED) is 0.0966. The molecule has 0 heterocycles. The monoisotopic (exact) mass is 518 g/mol. The molecule has 2 unspecified atom stereocenters. The molecule has 0 aromatic rings. The first-order valence-electron chi connectivity index (χ1n) is 15.4. The Morgan fingerprint density at radius 1 is 0.457 bits per heavy atom. The third-order valence-electron chi connectivity index (χ3n) is 7.24. The summed E-state index contributed by atoms with van der Waals surface area (Å²) in [7, 11) is -3.82. The minimum Gasteiger partial charge on any atom is -0.248 e. The van der Waals surface area contributed by atoms with E-state index in [4.69, 9.17) is 8.37 Å². The average Bonchev–Trinajstić information content (AvgIpc) is 2.83. The lowest BCUT2D eigenvalue weighted by Crippen LogP contribution is -2.12. The summed E-state index contributed by atoms with van der Waals surface area (Å²) >= 11 is 0. The molecule has 0 aliphatic heterocycles. The van der Waals surface area contributed by atoms with Crippen LogP contribution in [-0.2, 0) is 18.8 Å². The maximum Gasteiger partial charge on any atom is 0.399 e. The van der Waals surface area contributed by atoms with E-state index in [2.05, 4.69) is 27.7 Å². The van der Waals surface area contributed by atoms with Gasteiger partial charge in [0.15, 0.2) is 0 Å². The zero-order valence-electron chi connectivity index (χ0n) is 24.2. The van der Waals surface area contributed by atoms with Gasteiger partial charge in [-0.15, -0.1) is 0 Å². The molecule has 4 nitrogen and oxygen atoms in total. The molecule has 35 heavy (non-hydrogen) atoms. The Bertz CT molecular complexity index is 480. The van der Waals surface area contributed by atoms with E-state index in [1.54, 1.807) is 0 Å². The molecule has 0 fully saturated rings. The molecule has 0 rings (SSSR count). The maximum atomic E-state index is 11.8. The summed E-state index contributed by atoms with van der Waals surface area (Å²) in [6.45, 7) is 9.78. The zero-order chi connectivity index (χ0) is 26.0. The molecule has 5 heteroatoms. The summed E-state index contributed by atoms with van der Waals surface area (Å²) < 4.78 is 33.7. The van der Waals surface area contributed by atoms with E-state index >= 15 is 0 Å². The van der Waals surface area contributed by atoms with Crippen molar-refractivity contribution in [3.05, 3.63) is 0 Å². The second-order valence-corrected chi connectivity index (χ2v) is 12.4. The highest BCUT2D eigenvalue weighted by molar-refractivity contribution is 7.81. The highest BCUT2D eigenvalue weighted by atomic mass is 32.3. The van der Waals surface area contributed by atoms with Crippen molar-refractivity contribution in [2.45, 2.75) is 169 Å². The molecule has 2 atom stereocenters. The van der Waals surface area contributed by atoms with Crippen molar-refractivity contribution in [3.8, 4) is 0 Å². The van der Waals surface area contributed by atoms with Crippen molar-refractivity contribution in [1.82, 2.24) is 0 Å². The number of unbranched alkanes of at least 4 members (excludes halogenated alkanes) is 14. The molecular weight excluding hydrogens is 456 g/mol. The topological polar surface area (TPSA) is 52.6 Å². The minimum absolute atomic E-state index is 0.244. The van der Waals surface area contributed by atoms with Gasteiger partial charge >= 0.3 is 10.4 Å². The smallest absolute Gasteiger partial charge is 0.248 e. The lowest BCUT2D eigenvalue weighted by molar-refractivity contribution is 0.208. The molecule has 0 amide bonds. The van der Waals surface area contributed by atoms with Gasteiger partial charge in [-0.25, -0.2) is 8.37 Å². The second kappa shape index (κ2) is 25.5. The normalized spacial score (nSPS) is 13.8. The molecule has 0 saturated heterocycles. The van der Waals surface area contributed by atoms with Crippen molar-refractivity contribution >= 4 is 10.4 Å². The van der Waals surface area contributed by atoms with Crippen molar-refractivity contribution < 1.29 is 16.8 Å². The molecule has 0 bridgehead atoms. The zero-order valence-corrected chi connectivity index (χ0v) is 25.0. The highest BCUT2D eigenvalue weighted by Crippen LogP contribution is 2.18. The summed E-state index contributed by atoms with van der Waals surface area (Å²) in [6.07, 6.45) is 27.2. The third kappa shape index (κ3) is 26.7. The summed E-state index contributed by atoms with van der Waals surface area (Å²) in [6, 6.07) is 0. The predicted molar refractivity (Wildman–Crippen MR) is 152 cm³/mol. The first kappa shape index (κ1) is 34.9. The van der Waals surface area contributed by atoms with Crippen molar-refractivity contribution in [1.29, 1.82) is 0 Å². The van der Waals surface area contributed by atoms with Gasteiger partial charge in [-0.1, -0.05) is 156 Å². The molecule has 0 radical (unpaired) electrons. The fourth-order valence-electron chi connectivity index (χ4n) is 4.71. The van der Waals surface area contributed by atoms with Crippen molar-refractivity contribution in [2.24, 2.45) is 11.8 Å². The summed E-state index contributed by atoms with van der Waals surface area (Å²) in [4.78, 5) is 0. The maximum absolute atomic E-state index is 11.8. The van der Waals surface area contributed by atoms with E-state index in [0.29, 0.717) is 0 Å². The van der Waals surface area contributed by atoms with Gasteiger partial charge in [0, 0.05) is 0 Å². The fourth-order valence-corrected chi connectivity index (χ4v) is 5.42. The summed E-state index contributed by atoms with van der Waals surface area (Å²) in [5.41, 5.74) is 0. The Labute approximate surface area is 221 Å². The van der Waals surface area contributed by atoms with Gasteiger partial charge in [0.1, 0.15) is 0 Å². The van der Waals surface area contributed by atoms with Crippen LogP contribution in [0.5, 0.6) is 0 Å². The van der Waals surface area contributed by atoms with E-state index in [-0.39, 0.29) is 13.2 Å².